The zero-order valence-electron chi connectivity index (χ0n) is 13.4. The number of fused-ring (bicyclic) bond motifs is 1. The van der Waals surface area contributed by atoms with E-state index in [1.165, 1.54) is 12.8 Å². The number of anilines is 1. The minimum absolute atomic E-state index is 0.0195. The number of hydrogen-bond donors (Lipinski definition) is 3. The van der Waals surface area contributed by atoms with Crippen LogP contribution in [0.1, 0.15) is 32.1 Å². The first kappa shape index (κ1) is 15.8. The Kier molecular flexibility index (Phi) is 4.81. The summed E-state index contributed by atoms with van der Waals surface area (Å²) >= 11 is 0. The monoisotopic (exact) mass is 318 g/mol. The van der Waals surface area contributed by atoms with Crippen molar-refractivity contribution >= 4 is 17.5 Å². The highest BCUT2D eigenvalue weighted by Gasteiger charge is 2.40. The molecule has 1 aliphatic carbocycles. The topological polar surface area (TPSA) is 84.0 Å². The van der Waals surface area contributed by atoms with Crippen LogP contribution in [-0.2, 0) is 9.59 Å². The molecule has 6 nitrogen and oxygen atoms in total. The molecule has 1 saturated carbocycles. The minimum atomic E-state index is -0.333. The molecule has 124 valence electrons. The number of amides is 2. The summed E-state index contributed by atoms with van der Waals surface area (Å²) in [5.74, 6) is 0.521. The normalized spacial score (nSPS) is 26.8. The molecule has 1 aromatic carbocycles. The third-order valence-electron chi connectivity index (χ3n) is 4.72. The first-order valence-electron chi connectivity index (χ1n) is 8.25. The van der Waals surface area contributed by atoms with Crippen LogP contribution < -0.4 is 20.7 Å². The summed E-state index contributed by atoms with van der Waals surface area (Å²) < 4.78 is 5.14. The lowest BCUT2D eigenvalue weighted by Crippen LogP contribution is -3.03. The number of nitrogens with one attached hydrogen (secondary N) is 2. The fourth-order valence-electron chi connectivity index (χ4n) is 3.52. The van der Waals surface area contributed by atoms with E-state index in [9.17, 15) is 9.59 Å². The zero-order valence-corrected chi connectivity index (χ0v) is 13.4. The van der Waals surface area contributed by atoms with E-state index in [-0.39, 0.29) is 30.3 Å². The van der Waals surface area contributed by atoms with Gasteiger partial charge in [-0.3, -0.25) is 9.59 Å². The van der Waals surface area contributed by atoms with E-state index < -0.39 is 0 Å². The number of nitrogens with two attached hydrogens (primary N) is 1. The number of carbonyl (C=O) groups excluding carboxylic acids is 2. The number of rotatable bonds is 4. The third-order valence-corrected chi connectivity index (χ3v) is 4.72. The maximum Gasteiger partial charge on any atom is 0.279 e. The second kappa shape index (κ2) is 7.00. The number of piperazine rings is 1. The van der Waals surface area contributed by atoms with Gasteiger partial charge in [0.2, 0.25) is 5.91 Å². The second-order valence-electron chi connectivity index (χ2n) is 6.35. The van der Waals surface area contributed by atoms with E-state index >= 15 is 0 Å². The Morgan fingerprint density at radius 3 is 3.04 bits per heavy atom. The maximum atomic E-state index is 12.2. The van der Waals surface area contributed by atoms with Gasteiger partial charge in [-0.25, -0.2) is 0 Å². The van der Waals surface area contributed by atoms with Crippen molar-refractivity contribution in [3.63, 3.8) is 0 Å². The van der Waals surface area contributed by atoms with Crippen LogP contribution in [0.3, 0.4) is 0 Å². The van der Waals surface area contributed by atoms with Crippen LogP contribution in [0, 0.1) is 0 Å². The first-order chi connectivity index (χ1) is 11.2. The van der Waals surface area contributed by atoms with Crippen molar-refractivity contribution in [1.82, 2.24) is 5.32 Å². The molecule has 3 rings (SSSR count). The van der Waals surface area contributed by atoms with E-state index in [1.807, 2.05) is 18.2 Å². The Morgan fingerprint density at radius 2 is 2.22 bits per heavy atom. The number of methoxy groups -OCH3 is 1. The highest BCUT2D eigenvalue weighted by molar-refractivity contribution is 5.95. The molecule has 2 aliphatic rings. The molecule has 0 bridgehead atoms. The summed E-state index contributed by atoms with van der Waals surface area (Å²) in [6.45, 7) is 0. The molecule has 1 heterocycles. The Balaban J connectivity index is 1.57. The SMILES string of the molecule is COc1cccc(NC(=O)C[C@H]2[NH2+][C@H]3CCCC[C@@H]3NC2=O)c1. The summed E-state index contributed by atoms with van der Waals surface area (Å²) in [6.07, 6.45) is 4.73. The van der Waals surface area contributed by atoms with Crippen molar-refractivity contribution in [2.24, 2.45) is 0 Å². The molecular formula is C17H24N3O3+. The largest absolute Gasteiger partial charge is 0.497 e. The molecule has 3 atom stereocenters. The van der Waals surface area contributed by atoms with Crippen molar-refractivity contribution < 1.29 is 19.6 Å². The predicted molar refractivity (Wildman–Crippen MR) is 86.1 cm³/mol. The Morgan fingerprint density at radius 1 is 1.39 bits per heavy atom. The Labute approximate surface area is 136 Å². The molecule has 0 unspecified atom stereocenters. The summed E-state index contributed by atoms with van der Waals surface area (Å²) in [7, 11) is 1.59. The Bertz CT molecular complexity index is 590. The fraction of sp³-hybridized carbons (Fsp3) is 0.529. The van der Waals surface area contributed by atoms with Gasteiger partial charge >= 0.3 is 0 Å². The molecule has 1 aromatic rings. The van der Waals surface area contributed by atoms with Gasteiger partial charge in [0.05, 0.1) is 19.6 Å². The van der Waals surface area contributed by atoms with Crippen molar-refractivity contribution in [1.29, 1.82) is 0 Å². The minimum Gasteiger partial charge on any atom is -0.497 e. The molecule has 6 heteroatoms. The number of ether oxygens (including phenoxy) is 1. The van der Waals surface area contributed by atoms with Crippen molar-refractivity contribution in [2.45, 2.75) is 50.2 Å². The van der Waals surface area contributed by atoms with Crippen LogP contribution in [0.15, 0.2) is 24.3 Å². The van der Waals surface area contributed by atoms with Crippen LogP contribution in [0.2, 0.25) is 0 Å². The highest BCUT2D eigenvalue weighted by Crippen LogP contribution is 2.19. The lowest BCUT2D eigenvalue weighted by molar-refractivity contribution is -0.718. The van der Waals surface area contributed by atoms with E-state index in [0.717, 1.165) is 12.8 Å². The number of carbonyl (C=O) groups is 2. The van der Waals surface area contributed by atoms with E-state index in [0.29, 0.717) is 17.5 Å². The summed E-state index contributed by atoms with van der Waals surface area (Å²) in [4.78, 5) is 24.4. The summed E-state index contributed by atoms with van der Waals surface area (Å²) in [6, 6.07) is 7.56. The standard InChI is InChI=1S/C17H23N3O3/c1-23-12-6-4-5-11(9-12)18-16(21)10-15-17(22)20-14-8-3-2-7-13(14)19-15/h4-6,9,13-15,19H,2-3,7-8,10H2,1H3,(H,18,21)(H,20,22)/p+1/t13-,14-,15+/m0/s1. The van der Waals surface area contributed by atoms with Crippen molar-refractivity contribution in [3.05, 3.63) is 24.3 Å². The van der Waals surface area contributed by atoms with Crippen LogP contribution >= 0.6 is 0 Å². The van der Waals surface area contributed by atoms with Gasteiger partial charge in [0.15, 0.2) is 6.04 Å². The zero-order chi connectivity index (χ0) is 16.2. The average Bonchev–Trinajstić information content (AvgIpc) is 2.55. The molecule has 4 N–H and O–H groups in total. The molecule has 23 heavy (non-hydrogen) atoms. The Hall–Kier alpha value is -2.08. The number of benzene rings is 1. The van der Waals surface area contributed by atoms with Crippen LogP contribution in [0.25, 0.3) is 0 Å². The average molecular weight is 318 g/mol. The molecule has 1 aliphatic heterocycles. The van der Waals surface area contributed by atoms with Gasteiger partial charge in [-0.15, -0.1) is 0 Å². The van der Waals surface area contributed by atoms with Crippen molar-refractivity contribution in [2.75, 3.05) is 12.4 Å². The number of hydrogen-bond acceptors (Lipinski definition) is 3. The van der Waals surface area contributed by atoms with Crippen molar-refractivity contribution in [3.8, 4) is 5.75 Å². The first-order valence-corrected chi connectivity index (χ1v) is 8.25. The molecule has 0 spiro atoms. The molecule has 0 aromatic heterocycles. The third kappa shape index (κ3) is 3.82. The van der Waals surface area contributed by atoms with Gasteiger partial charge in [-0.05, 0) is 25.0 Å². The van der Waals surface area contributed by atoms with E-state index in [4.69, 9.17) is 4.74 Å². The van der Waals surface area contributed by atoms with Gasteiger partial charge in [0, 0.05) is 18.2 Å². The summed E-state index contributed by atoms with van der Waals surface area (Å²) in [5.41, 5.74) is 0.682. The summed E-state index contributed by atoms with van der Waals surface area (Å²) in [5, 5.41) is 8.01. The van der Waals surface area contributed by atoms with Crippen LogP contribution in [0.5, 0.6) is 5.75 Å². The van der Waals surface area contributed by atoms with Crippen LogP contribution in [0.4, 0.5) is 5.69 Å². The quantitative estimate of drug-likeness (QED) is 0.751. The van der Waals surface area contributed by atoms with Gasteiger partial charge in [-0.1, -0.05) is 12.5 Å². The number of quaternary nitrogens is 1. The molecule has 0 radical (unpaired) electrons. The lowest BCUT2D eigenvalue weighted by atomic mass is 9.87. The van der Waals surface area contributed by atoms with Crippen LogP contribution in [-0.4, -0.2) is 37.0 Å². The maximum absolute atomic E-state index is 12.2. The predicted octanol–water partition coefficient (Wildman–Crippen LogP) is 0.397. The van der Waals surface area contributed by atoms with Gasteiger partial charge < -0.3 is 20.7 Å². The fourth-order valence-corrected chi connectivity index (χ4v) is 3.52. The smallest absolute Gasteiger partial charge is 0.279 e. The molecule has 2 amide bonds. The highest BCUT2D eigenvalue weighted by atomic mass is 16.5. The van der Waals surface area contributed by atoms with Gasteiger partial charge in [0.1, 0.15) is 11.8 Å². The molecular weight excluding hydrogens is 294 g/mol. The van der Waals surface area contributed by atoms with E-state index in [2.05, 4.69) is 16.0 Å². The van der Waals surface area contributed by atoms with Gasteiger partial charge in [-0.2, -0.15) is 0 Å². The molecule has 2 fully saturated rings. The molecule has 1 saturated heterocycles. The van der Waals surface area contributed by atoms with Gasteiger partial charge in [0.25, 0.3) is 5.91 Å². The second-order valence-corrected chi connectivity index (χ2v) is 6.35. The lowest BCUT2D eigenvalue weighted by Gasteiger charge is -2.37. The van der Waals surface area contributed by atoms with E-state index in [1.54, 1.807) is 13.2 Å².